The van der Waals surface area contributed by atoms with Crippen LogP contribution in [-0.2, 0) is 9.53 Å². The molecule has 1 aliphatic heterocycles. The van der Waals surface area contributed by atoms with Crippen molar-refractivity contribution in [2.45, 2.75) is 58.5 Å². The molecule has 1 saturated heterocycles. The van der Waals surface area contributed by atoms with E-state index in [2.05, 4.69) is 6.92 Å². The first-order valence-corrected chi connectivity index (χ1v) is 7.70. The molecule has 3 unspecified atom stereocenters. The van der Waals surface area contributed by atoms with Crippen LogP contribution in [0.1, 0.15) is 52.4 Å². The van der Waals surface area contributed by atoms with Crippen molar-refractivity contribution in [2.75, 3.05) is 0 Å². The Bertz CT molecular complexity index is 369. The van der Waals surface area contributed by atoms with E-state index in [1.54, 1.807) is 0 Å². The monoisotopic (exact) mass is 286 g/mol. The van der Waals surface area contributed by atoms with E-state index in [0.717, 1.165) is 44.6 Å². The van der Waals surface area contributed by atoms with E-state index in [9.17, 15) is 13.6 Å². The molecule has 0 spiro atoms. The molecule has 20 heavy (non-hydrogen) atoms. The van der Waals surface area contributed by atoms with Crippen LogP contribution in [-0.4, -0.2) is 12.1 Å². The Morgan fingerprint density at radius 1 is 1.20 bits per heavy atom. The van der Waals surface area contributed by atoms with Crippen LogP contribution in [0.5, 0.6) is 0 Å². The van der Waals surface area contributed by atoms with Gasteiger partial charge in [0.1, 0.15) is 0 Å². The van der Waals surface area contributed by atoms with E-state index in [1.807, 2.05) is 6.92 Å². The zero-order valence-corrected chi connectivity index (χ0v) is 12.3. The summed E-state index contributed by atoms with van der Waals surface area (Å²) >= 11 is 0. The summed E-state index contributed by atoms with van der Waals surface area (Å²) in [6.07, 6.45) is 4.91. The summed E-state index contributed by atoms with van der Waals surface area (Å²) in [5, 5.41) is 0. The number of halogens is 2. The third kappa shape index (κ3) is 3.80. The van der Waals surface area contributed by atoms with Crippen molar-refractivity contribution >= 4 is 5.97 Å². The maximum atomic E-state index is 12.3. The van der Waals surface area contributed by atoms with Crippen LogP contribution in [0.2, 0.25) is 0 Å². The Kier molecular flexibility index (Phi) is 5.17. The first-order valence-electron chi connectivity index (χ1n) is 7.70. The fraction of sp³-hybridized carbons (Fsp3) is 0.812. The van der Waals surface area contributed by atoms with E-state index >= 15 is 0 Å². The van der Waals surface area contributed by atoms with Gasteiger partial charge in [-0.15, -0.1) is 0 Å². The standard InChI is InChI=1S/C16H24F2O2/c1-10-3-8-14(16(19)20-10)11(2)13-6-4-12(5-7-13)9-15(17)18/h9-14H,3-8H2,1-2H3. The quantitative estimate of drug-likeness (QED) is 0.711. The smallest absolute Gasteiger partial charge is 0.309 e. The van der Waals surface area contributed by atoms with Crippen LogP contribution in [0.3, 0.4) is 0 Å². The van der Waals surface area contributed by atoms with E-state index in [-0.39, 0.29) is 23.9 Å². The Labute approximate surface area is 119 Å². The van der Waals surface area contributed by atoms with Crippen LogP contribution in [0.15, 0.2) is 12.2 Å². The predicted molar refractivity (Wildman–Crippen MR) is 73.2 cm³/mol. The van der Waals surface area contributed by atoms with Crippen LogP contribution in [0.25, 0.3) is 0 Å². The van der Waals surface area contributed by atoms with Crippen molar-refractivity contribution in [1.29, 1.82) is 0 Å². The fourth-order valence-corrected chi connectivity index (χ4v) is 3.70. The molecule has 4 heteroatoms. The molecule has 0 aromatic heterocycles. The topological polar surface area (TPSA) is 26.3 Å². The van der Waals surface area contributed by atoms with Gasteiger partial charge in [-0.1, -0.05) is 6.92 Å². The van der Waals surface area contributed by atoms with Crippen LogP contribution in [0.4, 0.5) is 8.78 Å². The van der Waals surface area contributed by atoms with E-state index in [4.69, 9.17) is 4.74 Å². The molecular formula is C16H24F2O2. The summed E-state index contributed by atoms with van der Waals surface area (Å²) < 4.78 is 29.8. The van der Waals surface area contributed by atoms with Crippen LogP contribution >= 0.6 is 0 Å². The molecule has 0 N–H and O–H groups in total. The molecule has 3 atom stereocenters. The molecule has 0 radical (unpaired) electrons. The minimum absolute atomic E-state index is 0.00111. The molecule has 2 nitrogen and oxygen atoms in total. The Morgan fingerprint density at radius 3 is 2.40 bits per heavy atom. The number of hydrogen-bond acceptors (Lipinski definition) is 2. The molecule has 0 aromatic carbocycles. The van der Waals surface area contributed by atoms with Crippen molar-refractivity contribution in [2.24, 2.45) is 23.7 Å². The largest absolute Gasteiger partial charge is 0.462 e. The maximum absolute atomic E-state index is 12.3. The lowest BCUT2D eigenvalue weighted by Gasteiger charge is -2.37. The minimum atomic E-state index is -1.56. The number of esters is 1. The zero-order chi connectivity index (χ0) is 14.7. The van der Waals surface area contributed by atoms with Gasteiger partial charge in [-0.3, -0.25) is 4.79 Å². The molecule has 2 fully saturated rings. The van der Waals surface area contributed by atoms with Crippen LogP contribution < -0.4 is 0 Å². The number of carbonyl (C=O) groups excluding carboxylic acids is 1. The number of ether oxygens (including phenoxy) is 1. The summed E-state index contributed by atoms with van der Waals surface area (Å²) in [5.74, 6) is 0.722. The van der Waals surface area contributed by atoms with Gasteiger partial charge < -0.3 is 4.74 Å². The normalized spacial score (nSPS) is 36.1. The van der Waals surface area contributed by atoms with Gasteiger partial charge in [0.05, 0.1) is 12.0 Å². The Morgan fingerprint density at radius 2 is 1.85 bits per heavy atom. The highest BCUT2D eigenvalue weighted by Crippen LogP contribution is 2.40. The van der Waals surface area contributed by atoms with Crippen molar-refractivity contribution in [1.82, 2.24) is 0 Å². The number of cyclic esters (lactones) is 1. The molecule has 2 aliphatic rings. The second-order valence-electron chi connectivity index (χ2n) is 6.42. The number of allylic oxidation sites excluding steroid dienone is 1. The molecule has 0 amide bonds. The fourth-order valence-electron chi connectivity index (χ4n) is 3.70. The summed E-state index contributed by atoms with van der Waals surface area (Å²) in [5.41, 5.74) is 0. The lowest BCUT2D eigenvalue weighted by Crippen LogP contribution is -2.36. The molecule has 1 saturated carbocycles. The van der Waals surface area contributed by atoms with E-state index < -0.39 is 6.08 Å². The third-order valence-corrected chi connectivity index (χ3v) is 5.06. The second kappa shape index (κ2) is 6.68. The lowest BCUT2D eigenvalue weighted by molar-refractivity contribution is -0.162. The summed E-state index contributed by atoms with van der Waals surface area (Å²) in [7, 11) is 0. The SMILES string of the molecule is CC1CCC(C(C)C2CCC(C=C(F)F)CC2)C(=O)O1. The molecule has 1 aliphatic carbocycles. The summed E-state index contributed by atoms with van der Waals surface area (Å²) in [4.78, 5) is 12.0. The predicted octanol–water partition coefficient (Wildman–Crippen LogP) is 4.55. The number of hydrogen-bond donors (Lipinski definition) is 0. The highest BCUT2D eigenvalue weighted by molar-refractivity contribution is 5.73. The summed E-state index contributed by atoms with van der Waals surface area (Å²) in [6, 6.07) is 0. The molecule has 114 valence electrons. The van der Waals surface area contributed by atoms with Gasteiger partial charge in [0.15, 0.2) is 0 Å². The minimum Gasteiger partial charge on any atom is -0.462 e. The van der Waals surface area contributed by atoms with Gasteiger partial charge in [0.2, 0.25) is 0 Å². The van der Waals surface area contributed by atoms with Gasteiger partial charge in [0, 0.05) is 0 Å². The summed E-state index contributed by atoms with van der Waals surface area (Å²) in [6.45, 7) is 4.06. The van der Waals surface area contributed by atoms with Crippen molar-refractivity contribution in [3.8, 4) is 0 Å². The van der Waals surface area contributed by atoms with Crippen LogP contribution in [0, 0.1) is 23.7 Å². The van der Waals surface area contributed by atoms with Gasteiger partial charge >= 0.3 is 5.97 Å². The Hall–Kier alpha value is -0.930. The lowest BCUT2D eigenvalue weighted by atomic mass is 9.71. The average molecular weight is 286 g/mol. The zero-order valence-electron chi connectivity index (χ0n) is 12.3. The molecular weight excluding hydrogens is 262 g/mol. The first kappa shape index (κ1) is 15.5. The van der Waals surface area contributed by atoms with Crippen molar-refractivity contribution in [3.63, 3.8) is 0 Å². The third-order valence-electron chi connectivity index (χ3n) is 5.06. The first-order chi connectivity index (χ1) is 9.47. The second-order valence-corrected chi connectivity index (χ2v) is 6.42. The van der Waals surface area contributed by atoms with Gasteiger partial charge in [-0.2, -0.15) is 8.78 Å². The average Bonchev–Trinajstić information content (AvgIpc) is 2.38. The van der Waals surface area contributed by atoms with Crippen molar-refractivity contribution in [3.05, 3.63) is 12.2 Å². The molecule has 1 heterocycles. The molecule has 2 rings (SSSR count). The highest BCUT2D eigenvalue weighted by atomic mass is 19.3. The number of rotatable bonds is 3. The van der Waals surface area contributed by atoms with Gasteiger partial charge in [-0.25, -0.2) is 0 Å². The molecule has 0 aromatic rings. The van der Waals surface area contributed by atoms with Crippen molar-refractivity contribution < 1.29 is 18.3 Å². The van der Waals surface area contributed by atoms with E-state index in [1.165, 1.54) is 0 Å². The highest BCUT2D eigenvalue weighted by Gasteiger charge is 2.37. The van der Waals surface area contributed by atoms with E-state index in [0.29, 0.717) is 11.8 Å². The Balaban J connectivity index is 1.87. The van der Waals surface area contributed by atoms with Gasteiger partial charge in [-0.05, 0) is 69.3 Å². The maximum Gasteiger partial charge on any atom is 0.309 e. The number of carbonyl (C=O) groups is 1. The van der Waals surface area contributed by atoms with Gasteiger partial charge in [0.25, 0.3) is 6.08 Å². The molecule has 0 bridgehead atoms.